The summed E-state index contributed by atoms with van der Waals surface area (Å²) in [7, 11) is 0. The summed E-state index contributed by atoms with van der Waals surface area (Å²) in [5.74, 6) is -0.839. The van der Waals surface area contributed by atoms with Crippen molar-refractivity contribution in [3.05, 3.63) is 23.5 Å². The number of carboxylic acid groups (broad SMARTS) is 1. The second kappa shape index (κ2) is 7.96. The van der Waals surface area contributed by atoms with Gasteiger partial charge in [0.2, 0.25) is 0 Å². The number of aryl methyl sites for hydroxylation is 2. The lowest BCUT2D eigenvalue weighted by atomic mass is 9.97. The molecular formula is C15H25NO2. The molecule has 0 saturated carbocycles. The van der Waals surface area contributed by atoms with Crippen LogP contribution in [0.1, 0.15) is 57.2 Å². The molecular weight excluding hydrogens is 226 g/mol. The molecule has 0 fully saturated rings. The third-order valence-corrected chi connectivity index (χ3v) is 3.55. The molecule has 0 aromatic carbocycles. The van der Waals surface area contributed by atoms with E-state index in [4.69, 9.17) is 5.11 Å². The van der Waals surface area contributed by atoms with Gasteiger partial charge in [0, 0.05) is 11.9 Å². The lowest BCUT2D eigenvalue weighted by molar-refractivity contribution is -0.142. The summed E-state index contributed by atoms with van der Waals surface area (Å²) in [5.41, 5.74) is 2.70. The van der Waals surface area contributed by atoms with Crippen LogP contribution in [-0.4, -0.2) is 16.1 Å². The Kier molecular flexibility index (Phi) is 6.55. The van der Waals surface area contributed by atoms with Gasteiger partial charge in [-0.25, -0.2) is 0 Å². The van der Waals surface area contributed by atoms with E-state index in [9.17, 15) is 4.79 Å². The average molecular weight is 251 g/mol. The van der Waals surface area contributed by atoms with Crippen molar-refractivity contribution in [3.63, 3.8) is 0 Å². The Morgan fingerprint density at radius 2 is 2.11 bits per heavy atom. The highest BCUT2D eigenvalue weighted by Gasteiger charge is 2.14. The first-order valence-electron chi connectivity index (χ1n) is 7.06. The molecule has 0 aliphatic heterocycles. The van der Waals surface area contributed by atoms with Gasteiger partial charge in [0.05, 0.1) is 5.92 Å². The normalized spacial score (nSPS) is 12.6. The van der Waals surface area contributed by atoms with Crippen LogP contribution in [0, 0.1) is 5.92 Å². The van der Waals surface area contributed by atoms with Gasteiger partial charge < -0.3 is 10.1 Å². The SMILES string of the molecule is CCCCc1cc[nH]c1CCCC(CC)C(=O)O. The Bertz CT molecular complexity index is 357. The maximum atomic E-state index is 10.9. The molecule has 0 saturated heterocycles. The maximum absolute atomic E-state index is 10.9. The van der Waals surface area contributed by atoms with Gasteiger partial charge in [-0.2, -0.15) is 0 Å². The van der Waals surface area contributed by atoms with Gasteiger partial charge in [-0.3, -0.25) is 4.79 Å². The third-order valence-electron chi connectivity index (χ3n) is 3.55. The quantitative estimate of drug-likeness (QED) is 0.701. The maximum Gasteiger partial charge on any atom is 0.306 e. The minimum absolute atomic E-state index is 0.181. The largest absolute Gasteiger partial charge is 0.481 e. The van der Waals surface area contributed by atoms with E-state index in [0.29, 0.717) is 0 Å². The van der Waals surface area contributed by atoms with E-state index in [0.717, 1.165) is 32.1 Å². The zero-order valence-corrected chi connectivity index (χ0v) is 11.5. The van der Waals surface area contributed by atoms with E-state index in [1.807, 2.05) is 13.1 Å². The van der Waals surface area contributed by atoms with Crippen molar-refractivity contribution < 1.29 is 9.90 Å². The molecule has 0 spiro atoms. The minimum atomic E-state index is -0.657. The van der Waals surface area contributed by atoms with Crippen LogP contribution in [0.4, 0.5) is 0 Å². The second-order valence-electron chi connectivity index (χ2n) is 4.92. The Morgan fingerprint density at radius 1 is 1.33 bits per heavy atom. The number of hydrogen-bond acceptors (Lipinski definition) is 1. The molecule has 1 unspecified atom stereocenters. The highest BCUT2D eigenvalue weighted by molar-refractivity contribution is 5.69. The molecule has 102 valence electrons. The second-order valence-corrected chi connectivity index (χ2v) is 4.92. The molecule has 0 radical (unpaired) electrons. The van der Waals surface area contributed by atoms with Crippen molar-refractivity contribution >= 4 is 5.97 Å². The van der Waals surface area contributed by atoms with E-state index >= 15 is 0 Å². The first-order chi connectivity index (χ1) is 8.69. The molecule has 18 heavy (non-hydrogen) atoms. The Morgan fingerprint density at radius 3 is 2.72 bits per heavy atom. The van der Waals surface area contributed by atoms with E-state index in [1.54, 1.807) is 0 Å². The van der Waals surface area contributed by atoms with Crippen molar-refractivity contribution in [2.75, 3.05) is 0 Å². The molecule has 0 bridgehead atoms. The summed E-state index contributed by atoms with van der Waals surface area (Å²) < 4.78 is 0. The van der Waals surface area contributed by atoms with E-state index in [1.165, 1.54) is 24.1 Å². The molecule has 1 aromatic rings. The summed E-state index contributed by atoms with van der Waals surface area (Å²) in [5, 5.41) is 8.99. The Labute approximate surface area is 110 Å². The zero-order valence-electron chi connectivity index (χ0n) is 11.5. The minimum Gasteiger partial charge on any atom is -0.481 e. The summed E-state index contributed by atoms with van der Waals surface area (Å²) in [6, 6.07) is 2.15. The van der Waals surface area contributed by atoms with E-state index in [-0.39, 0.29) is 5.92 Å². The highest BCUT2D eigenvalue weighted by atomic mass is 16.4. The predicted molar refractivity (Wildman–Crippen MR) is 73.8 cm³/mol. The first-order valence-corrected chi connectivity index (χ1v) is 7.06. The number of aromatic nitrogens is 1. The van der Waals surface area contributed by atoms with Crippen molar-refractivity contribution in [3.8, 4) is 0 Å². The molecule has 1 rings (SSSR count). The zero-order chi connectivity index (χ0) is 13.4. The van der Waals surface area contributed by atoms with Gasteiger partial charge in [-0.05, 0) is 50.2 Å². The van der Waals surface area contributed by atoms with Gasteiger partial charge in [0.1, 0.15) is 0 Å². The Hall–Kier alpha value is -1.25. The molecule has 0 amide bonds. The number of H-pyrrole nitrogens is 1. The van der Waals surface area contributed by atoms with Gasteiger partial charge >= 0.3 is 5.97 Å². The van der Waals surface area contributed by atoms with Gasteiger partial charge in [-0.15, -0.1) is 0 Å². The summed E-state index contributed by atoms with van der Waals surface area (Å²) in [6.45, 7) is 4.14. The summed E-state index contributed by atoms with van der Waals surface area (Å²) in [4.78, 5) is 14.2. The van der Waals surface area contributed by atoms with Crippen LogP contribution < -0.4 is 0 Å². The van der Waals surface area contributed by atoms with Crippen LogP contribution in [0.2, 0.25) is 0 Å². The molecule has 0 aliphatic rings. The van der Waals surface area contributed by atoms with Crippen molar-refractivity contribution in [2.45, 2.75) is 58.8 Å². The van der Waals surface area contributed by atoms with E-state index in [2.05, 4.69) is 18.0 Å². The number of hydrogen-bond donors (Lipinski definition) is 2. The van der Waals surface area contributed by atoms with Crippen LogP contribution in [0.3, 0.4) is 0 Å². The fourth-order valence-electron chi connectivity index (χ4n) is 2.30. The summed E-state index contributed by atoms with van der Waals surface area (Å²) >= 11 is 0. The van der Waals surface area contributed by atoms with Crippen LogP contribution >= 0.6 is 0 Å². The summed E-state index contributed by atoms with van der Waals surface area (Å²) in [6.07, 6.45) is 8.97. The van der Waals surface area contributed by atoms with Crippen molar-refractivity contribution in [2.24, 2.45) is 5.92 Å². The number of rotatable bonds is 9. The van der Waals surface area contributed by atoms with Gasteiger partial charge in [0.25, 0.3) is 0 Å². The molecule has 0 aliphatic carbocycles. The van der Waals surface area contributed by atoms with Crippen molar-refractivity contribution in [1.29, 1.82) is 0 Å². The standard InChI is InChI=1S/C15H25NO2/c1-3-5-7-13-10-11-16-14(13)9-6-8-12(4-2)15(17)18/h10-12,16H,3-9H2,1-2H3,(H,17,18). The van der Waals surface area contributed by atoms with Gasteiger partial charge in [-0.1, -0.05) is 20.3 Å². The van der Waals surface area contributed by atoms with Gasteiger partial charge in [0.15, 0.2) is 0 Å². The monoisotopic (exact) mass is 251 g/mol. The molecule has 2 N–H and O–H groups in total. The fraction of sp³-hybridized carbons (Fsp3) is 0.667. The fourth-order valence-corrected chi connectivity index (χ4v) is 2.30. The lowest BCUT2D eigenvalue weighted by Crippen LogP contribution is -2.12. The van der Waals surface area contributed by atoms with Crippen LogP contribution in [0.25, 0.3) is 0 Å². The molecule has 1 aromatic heterocycles. The number of carboxylic acids is 1. The lowest BCUT2D eigenvalue weighted by Gasteiger charge is -2.09. The number of aromatic amines is 1. The topological polar surface area (TPSA) is 53.1 Å². The van der Waals surface area contributed by atoms with E-state index < -0.39 is 5.97 Å². The smallest absolute Gasteiger partial charge is 0.306 e. The molecule has 1 atom stereocenters. The number of nitrogens with one attached hydrogen (secondary N) is 1. The first kappa shape index (κ1) is 14.8. The predicted octanol–water partition coefficient (Wildman–Crippen LogP) is 3.79. The average Bonchev–Trinajstić information content (AvgIpc) is 2.79. The van der Waals surface area contributed by atoms with Crippen molar-refractivity contribution in [1.82, 2.24) is 4.98 Å². The van der Waals surface area contributed by atoms with Crippen LogP contribution in [0.5, 0.6) is 0 Å². The molecule has 3 heteroatoms. The number of carbonyl (C=O) groups is 1. The Balaban J connectivity index is 2.38. The van der Waals surface area contributed by atoms with Crippen LogP contribution in [0.15, 0.2) is 12.3 Å². The number of unbranched alkanes of at least 4 members (excludes halogenated alkanes) is 1. The third kappa shape index (κ3) is 4.55. The number of aliphatic carboxylic acids is 1. The molecule has 3 nitrogen and oxygen atoms in total. The molecule has 1 heterocycles. The van der Waals surface area contributed by atoms with Crippen LogP contribution in [-0.2, 0) is 17.6 Å². The highest BCUT2D eigenvalue weighted by Crippen LogP contribution is 2.17.